The Bertz CT molecular complexity index is 399. The quantitative estimate of drug-likeness (QED) is 0.752. The van der Waals surface area contributed by atoms with E-state index in [1.165, 1.54) is 4.90 Å². The monoisotopic (exact) mass is 235 g/mol. The van der Waals surface area contributed by atoms with Crippen LogP contribution in [0.5, 0.6) is 0 Å². The molecule has 0 aliphatic carbocycles. The number of rotatable bonds is 5. The van der Waals surface area contributed by atoms with Crippen molar-refractivity contribution < 1.29 is 9.59 Å². The number of benzene rings is 1. The third-order valence-corrected chi connectivity index (χ3v) is 2.34. The summed E-state index contributed by atoms with van der Waals surface area (Å²) >= 11 is 0. The molecule has 0 saturated heterocycles. The van der Waals surface area contributed by atoms with Crippen LogP contribution in [0.4, 0.5) is 0 Å². The molecule has 17 heavy (non-hydrogen) atoms. The van der Waals surface area contributed by atoms with Gasteiger partial charge in [-0.15, -0.1) is 0 Å². The van der Waals surface area contributed by atoms with Crippen molar-refractivity contribution in [3.8, 4) is 0 Å². The molecule has 1 aromatic rings. The average molecular weight is 235 g/mol. The van der Waals surface area contributed by atoms with Gasteiger partial charge in [-0.2, -0.15) is 0 Å². The zero-order chi connectivity index (χ0) is 12.8. The Hall–Kier alpha value is -1.88. The van der Waals surface area contributed by atoms with E-state index in [-0.39, 0.29) is 5.91 Å². The maximum Gasteiger partial charge on any atom is 0.248 e. The summed E-state index contributed by atoms with van der Waals surface area (Å²) in [6.45, 7) is 0.878. The molecule has 0 atom stereocenters. The number of hydrogen-bond donors (Lipinski definition) is 2. The fourth-order valence-corrected chi connectivity index (χ4v) is 1.26. The number of primary amides is 1. The van der Waals surface area contributed by atoms with Gasteiger partial charge in [0.05, 0.1) is 6.54 Å². The Balaban J connectivity index is 2.42. The number of likely N-dealkylation sites (N-methyl/N-ethyl adjacent to an activating group) is 1. The molecule has 92 valence electrons. The highest BCUT2D eigenvalue weighted by molar-refractivity contribution is 5.92. The summed E-state index contributed by atoms with van der Waals surface area (Å²) in [6, 6.07) is 6.97. The van der Waals surface area contributed by atoms with Crippen molar-refractivity contribution in [1.29, 1.82) is 0 Å². The lowest BCUT2D eigenvalue weighted by molar-refractivity contribution is -0.127. The van der Waals surface area contributed by atoms with Gasteiger partial charge in [0.25, 0.3) is 0 Å². The Labute approximate surface area is 101 Å². The molecular weight excluding hydrogens is 218 g/mol. The summed E-state index contributed by atoms with van der Waals surface area (Å²) < 4.78 is 0. The minimum Gasteiger partial charge on any atom is -0.366 e. The summed E-state index contributed by atoms with van der Waals surface area (Å²) in [5.41, 5.74) is 6.62. The van der Waals surface area contributed by atoms with Gasteiger partial charge >= 0.3 is 0 Å². The molecule has 0 aliphatic heterocycles. The predicted octanol–water partition coefficient (Wildman–Crippen LogP) is -0.0367. The fourth-order valence-electron chi connectivity index (χ4n) is 1.26. The molecule has 0 aromatic heterocycles. The molecular formula is C12H17N3O2. The lowest BCUT2D eigenvalue weighted by atomic mass is 10.1. The van der Waals surface area contributed by atoms with Gasteiger partial charge in [-0.3, -0.25) is 9.59 Å². The Kier molecular flexibility index (Phi) is 4.66. The van der Waals surface area contributed by atoms with Crippen molar-refractivity contribution >= 4 is 11.8 Å². The van der Waals surface area contributed by atoms with Crippen LogP contribution in [-0.4, -0.2) is 37.4 Å². The second-order valence-electron chi connectivity index (χ2n) is 3.95. The highest BCUT2D eigenvalue weighted by Gasteiger charge is 2.03. The van der Waals surface area contributed by atoms with E-state index in [2.05, 4.69) is 5.32 Å². The number of nitrogens with two attached hydrogens (primary N) is 1. The number of amides is 2. The van der Waals surface area contributed by atoms with Crippen molar-refractivity contribution in [3.63, 3.8) is 0 Å². The third-order valence-electron chi connectivity index (χ3n) is 2.34. The fraction of sp³-hybridized carbons (Fsp3) is 0.333. The van der Waals surface area contributed by atoms with Gasteiger partial charge in [0, 0.05) is 26.2 Å². The molecule has 3 N–H and O–H groups in total. The minimum atomic E-state index is -0.438. The van der Waals surface area contributed by atoms with Crippen molar-refractivity contribution in [2.75, 3.05) is 20.6 Å². The van der Waals surface area contributed by atoms with Crippen molar-refractivity contribution in [3.05, 3.63) is 35.4 Å². The van der Waals surface area contributed by atoms with Crippen LogP contribution in [-0.2, 0) is 11.3 Å². The van der Waals surface area contributed by atoms with Gasteiger partial charge in [-0.25, -0.2) is 0 Å². The van der Waals surface area contributed by atoms with E-state index in [4.69, 9.17) is 5.73 Å². The summed E-state index contributed by atoms with van der Waals surface area (Å²) in [7, 11) is 3.43. The molecule has 0 radical (unpaired) electrons. The molecule has 5 heteroatoms. The highest BCUT2D eigenvalue weighted by Crippen LogP contribution is 2.03. The first-order valence-corrected chi connectivity index (χ1v) is 5.30. The van der Waals surface area contributed by atoms with Gasteiger partial charge in [-0.05, 0) is 17.7 Å². The van der Waals surface area contributed by atoms with Crippen molar-refractivity contribution in [2.24, 2.45) is 5.73 Å². The van der Waals surface area contributed by atoms with Crippen molar-refractivity contribution in [2.45, 2.75) is 6.54 Å². The maximum atomic E-state index is 11.3. The van der Waals surface area contributed by atoms with Gasteiger partial charge in [-0.1, -0.05) is 12.1 Å². The number of carbonyl (C=O) groups is 2. The second-order valence-corrected chi connectivity index (χ2v) is 3.95. The van der Waals surface area contributed by atoms with E-state index in [1.807, 2.05) is 12.1 Å². The molecule has 1 rings (SSSR count). The minimum absolute atomic E-state index is 0.0266. The lowest BCUT2D eigenvalue weighted by Crippen LogP contribution is -2.32. The zero-order valence-corrected chi connectivity index (χ0v) is 10.1. The Morgan fingerprint density at radius 2 is 1.82 bits per heavy atom. The summed E-state index contributed by atoms with van der Waals surface area (Å²) in [5, 5.41) is 3.02. The van der Waals surface area contributed by atoms with E-state index >= 15 is 0 Å². The van der Waals surface area contributed by atoms with E-state index in [9.17, 15) is 9.59 Å². The maximum absolute atomic E-state index is 11.3. The van der Waals surface area contributed by atoms with Crippen molar-refractivity contribution in [1.82, 2.24) is 10.2 Å². The molecule has 0 aliphatic rings. The topological polar surface area (TPSA) is 75.4 Å². The lowest BCUT2D eigenvalue weighted by Gasteiger charge is -2.10. The third kappa shape index (κ3) is 4.24. The van der Waals surface area contributed by atoms with Crippen LogP contribution in [0.2, 0.25) is 0 Å². The standard InChI is InChI=1S/C12H17N3O2/c1-15(2)11(16)8-14-7-9-3-5-10(6-4-9)12(13)17/h3-6,14H,7-8H2,1-2H3,(H2,13,17). The highest BCUT2D eigenvalue weighted by atomic mass is 16.2. The molecule has 2 amide bonds. The van der Waals surface area contributed by atoms with Gasteiger partial charge in [0.1, 0.15) is 0 Å². The predicted molar refractivity (Wildman–Crippen MR) is 65.4 cm³/mol. The first-order chi connectivity index (χ1) is 8.00. The normalized spacial score (nSPS) is 10.0. The molecule has 0 spiro atoms. The SMILES string of the molecule is CN(C)C(=O)CNCc1ccc(C(N)=O)cc1. The summed E-state index contributed by atoms with van der Waals surface area (Å²) in [5.74, 6) is -0.411. The van der Waals surface area contributed by atoms with Crippen LogP contribution >= 0.6 is 0 Å². The average Bonchev–Trinajstić information content (AvgIpc) is 2.29. The van der Waals surface area contributed by atoms with Gasteiger partial charge < -0.3 is 16.0 Å². The van der Waals surface area contributed by atoms with E-state index < -0.39 is 5.91 Å². The number of nitrogens with one attached hydrogen (secondary N) is 1. The molecule has 5 nitrogen and oxygen atoms in total. The number of carbonyl (C=O) groups excluding carboxylic acids is 2. The number of nitrogens with zero attached hydrogens (tertiary/aromatic N) is 1. The molecule has 0 saturated carbocycles. The van der Waals surface area contributed by atoms with E-state index in [1.54, 1.807) is 26.2 Å². The Morgan fingerprint density at radius 3 is 2.29 bits per heavy atom. The van der Waals surface area contributed by atoms with E-state index in [0.29, 0.717) is 18.7 Å². The molecule has 0 fully saturated rings. The van der Waals surface area contributed by atoms with Crippen LogP contribution < -0.4 is 11.1 Å². The summed E-state index contributed by atoms with van der Waals surface area (Å²) in [4.78, 5) is 23.7. The first-order valence-electron chi connectivity index (χ1n) is 5.30. The van der Waals surface area contributed by atoms with Crippen LogP contribution in [0.3, 0.4) is 0 Å². The smallest absolute Gasteiger partial charge is 0.248 e. The van der Waals surface area contributed by atoms with Gasteiger partial charge in [0.2, 0.25) is 11.8 Å². The van der Waals surface area contributed by atoms with Crippen LogP contribution in [0.1, 0.15) is 15.9 Å². The molecule has 1 aromatic carbocycles. The second kappa shape index (κ2) is 6.00. The van der Waals surface area contributed by atoms with Crippen LogP contribution in [0, 0.1) is 0 Å². The first kappa shape index (κ1) is 13.2. The number of hydrogen-bond acceptors (Lipinski definition) is 3. The van der Waals surface area contributed by atoms with E-state index in [0.717, 1.165) is 5.56 Å². The molecule has 0 unspecified atom stereocenters. The molecule has 0 heterocycles. The van der Waals surface area contributed by atoms with Crippen LogP contribution in [0.25, 0.3) is 0 Å². The zero-order valence-electron chi connectivity index (χ0n) is 10.1. The largest absolute Gasteiger partial charge is 0.366 e. The molecule has 0 bridgehead atoms. The Morgan fingerprint density at radius 1 is 1.24 bits per heavy atom. The summed E-state index contributed by atoms with van der Waals surface area (Å²) in [6.07, 6.45) is 0. The van der Waals surface area contributed by atoms with Crippen LogP contribution in [0.15, 0.2) is 24.3 Å². The van der Waals surface area contributed by atoms with Gasteiger partial charge in [0.15, 0.2) is 0 Å².